The molecular formula is C14H22N2O3S2. The van der Waals surface area contributed by atoms with Crippen molar-refractivity contribution in [3.05, 3.63) is 17.0 Å². The zero-order valence-electron chi connectivity index (χ0n) is 12.2. The number of thiophene rings is 1. The third-order valence-electron chi connectivity index (χ3n) is 3.88. The van der Waals surface area contributed by atoms with E-state index in [-0.39, 0.29) is 10.1 Å². The summed E-state index contributed by atoms with van der Waals surface area (Å²) in [5.74, 6) is 0.762. The summed E-state index contributed by atoms with van der Waals surface area (Å²) in [5.41, 5.74) is 0. The average Bonchev–Trinajstić information content (AvgIpc) is 3.14. The Bertz CT molecular complexity index is 575. The standard InChI is InChI=1S/C14H22N2O3S2/c1-15-21(18,19)14-9-7-12(20-14)10-16-13(17)8-6-11-4-2-3-5-11/h7,9,11,15H,2-6,8,10H2,1H3,(H,16,17). The quantitative estimate of drug-likeness (QED) is 0.805. The van der Waals surface area contributed by atoms with Gasteiger partial charge >= 0.3 is 0 Å². The van der Waals surface area contributed by atoms with E-state index in [2.05, 4.69) is 10.0 Å². The van der Waals surface area contributed by atoms with E-state index in [1.165, 1.54) is 44.1 Å². The molecule has 1 saturated carbocycles. The summed E-state index contributed by atoms with van der Waals surface area (Å²) in [4.78, 5) is 12.6. The molecular weight excluding hydrogens is 308 g/mol. The van der Waals surface area contributed by atoms with Crippen LogP contribution in [0.4, 0.5) is 0 Å². The minimum atomic E-state index is -3.38. The Labute approximate surface area is 130 Å². The van der Waals surface area contributed by atoms with Gasteiger partial charge in [0.05, 0.1) is 6.54 Å². The molecule has 0 aromatic carbocycles. The molecule has 0 bridgehead atoms. The summed E-state index contributed by atoms with van der Waals surface area (Å²) >= 11 is 1.18. The molecule has 1 aliphatic carbocycles. The smallest absolute Gasteiger partial charge is 0.249 e. The average molecular weight is 330 g/mol. The molecule has 0 saturated heterocycles. The number of sulfonamides is 1. The Morgan fingerprint density at radius 3 is 2.71 bits per heavy atom. The lowest BCUT2D eigenvalue weighted by Crippen LogP contribution is -2.22. The molecule has 2 rings (SSSR count). The van der Waals surface area contributed by atoms with Crippen molar-refractivity contribution in [1.82, 2.24) is 10.0 Å². The molecule has 1 heterocycles. The number of carbonyl (C=O) groups is 1. The molecule has 0 atom stereocenters. The van der Waals surface area contributed by atoms with Crippen LogP contribution >= 0.6 is 11.3 Å². The normalized spacial score (nSPS) is 16.2. The van der Waals surface area contributed by atoms with Gasteiger partial charge < -0.3 is 5.32 Å². The summed E-state index contributed by atoms with van der Waals surface area (Å²) in [6.45, 7) is 0.396. The highest BCUT2D eigenvalue weighted by molar-refractivity contribution is 7.91. The largest absolute Gasteiger partial charge is 0.351 e. The maximum Gasteiger partial charge on any atom is 0.249 e. The van der Waals surface area contributed by atoms with Gasteiger partial charge in [-0.2, -0.15) is 0 Å². The van der Waals surface area contributed by atoms with Gasteiger partial charge in [-0.05, 0) is 31.5 Å². The van der Waals surface area contributed by atoms with Crippen LogP contribution < -0.4 is 10.0 Å². The SMILES string of the molecule is CNS(=O)(=O)c1ccc(CNC(=O)CCC2CCCC2)s1. The predicted octanol–water partition coefficient (Wildman–Crippen LogP) is 2.24. The third-order valence-corrected chi connectivity index (χ3v) is 6.88. The maximum absolute atomic E-state index is 11.8. The lowest BCUT2D eigenvalue weighted by Gasteiger charge is -2.08. The van der Waals surface area contributed by atoms with E-state index in [1.807, 2.05) is 0 Å². The van der Waals surface area contributed by atoms with Crippen molar-refractivity contribution in [3.8, 4) is 0 Å². The van der Waals surface area contributed by atoms with Crippen molar-refractivity contribution in [3.63, 3.8) is 0 Å². The van der Waals surface area contributed by atoms with Crippen LogP contribution in [0.5, 0.6) is 0 Å². The Morgan fingerprint density at radius 2 is 2.05 bits per heavy atom. The second-order valence-electron chi connectivity index (χ2n) is 5.39. The van der Waals surface area contributed by atoms with Gasteiger partial charge in [0, 0.05) is 11.3 Å². The summed E-state index contributed by atoms with van der Waals surface area (Å²) in [6, 6.07) is 3.31. The molecule has 1 fully saturated rings. The fourth-order valence-electron chi connectivity index (χ4n) is 2.61. The van der Waals surface area contributed by atoms with Gasteiger partial charge in [0.15, 0.2) is 0 Å². The first-order chi connectivity index (χ1) is 10.0. The van der Waals surface area contributed by atoms with Crippen molar-refractivity contribution in [2.45, 2.75) is 49.3 Å². The number of hydrogen-bond acceptors (Lipinski definition) is 4. The van der Waals surface area contributed by atoms with E-state index in [9.17, 15) is 13.2 Å². The fourth-order valence-corrected chi connectivity index (χ4v) is 4.74. The molecule has 5 nitrogen and oxygen atoms in total. The number of carbonyl (C=O) groups excluding carboxylic acids is 1. The molecule has 1 amide bonds. The lowest BCUT2D eigenvalue weighted by atomic mass is 10.0. The third kappa shape index (κ3) is 4.79. The van der Waals surface area contributed by atoms with Gasteiger partial charge in [0.25, 0.3) is 0 Å². The van der Waals surface area contributed by atoms with Crippen LogP contribution in [0.1, 0.15) is 43.4 Å². The zero-order valence-corrected chi connectivity index (χ0v) is 13.9. The number of nitrogens with one attached hydrogen (secondary N) is 2. The topological polar surface area (TPSA) is 75.3 Å². The first-order valence-electron chi connectivity index (χ1n) is 7.30. The molecule has 21 heavy (non-hydrogen) atoms. The van der Waals surface area contributed by atoms with Gasteiger partial charge in [-0.15, -0.1) is 11.3 Å². The van der Waals surface area contributed by atoms with E-state index in [4.69, 9.17) is 0 Å². The maximum atomic E-state index is 11.8. The lowest BCUT2D eigenvalue weighted by molar-refractivity contribution is -0.121. The predicted molar refractivity (Wildman–Crippen MR) is 83.6 cm³/mol. The summed E-state index contributed by atoms with van der Waals surface area (Å²) in [7, 11) is -1.99. The summed E-state index contributed by atoms with van der Waals surface area (Å²) < 4.78 is 25.8. The highest BCUT2D eigenvalue weighted by atomic mass is 32.2. The second-order valence-corrected chi connectivity index (χ2v) is 8.68. The van der Waals surface area contributed by atoms with Crippen molar-refractivity contribution in [2.75, 3.05) is 7.05 Å². The Balaban J connectivity index is 1.76. The van der Waals surface area contributed by atoms with Gasteiger partial charge in [-0.3, -0.25) is 4.79 Å². The molecule has 0 radical (unpaired) electrons. The van der Waals surface area contributed by atoms with Crippen molar-refractivity contribution in [2.24, 2.45) is 5.92 Å². The van der Waals surface area contributed by atoms with Crippen LogP contribution in [0.25, 0.3) is 0 Å². The Morgan fingerprint density at radius 1 is 1.33 bits per heavy atom. The number of amides is 1. The number of rotatable bonds is 7. The molecule has 1 aromatic rings. The van der Waals surface area contributed by atoms with E-state index < -0.39 is 10.0 Å². The molecule has 118 valence electrons. The monoisotopic (exact) mass is 330 g/mol. The van der Waals surface area contributed by atoms with Crippen LogP contribution in [0.2, 0.25) is 0 Å². The Kier molecular flexibility index (Phi) is 5.78. The summed E-state index contributed by atoms with van der Waals surface area (Å²) in [6.07, 6.45) is 6.63. The molecule has 0 spiro atoms. The van der Waals surface area contributed by atoms with E-state index >= 15 is 0 Å². The summed E-state index contributed by atoms with van der Waals surface area (Å²) in [5, 5.41) is 2.86. The first-order valence-corrected chi connectivity index (χ1v) is 9.60. The fraction of sp³-hybridized carbons (Fsp3) is 0.643. The highest BCUT2D eigenvalue weighted by Crippen LogP contribution is 2.28. The molecule has 0 unspecified atom stereocenters. The second kappa shape index (κ2) is 7.38. The van der Waals surface area contributed by atoms with Gasteiger partial charge in [0.2, 0.25) is 15.9 Å². The van der Waals surface area contributed by atoms with Crippen LogP contribution in [0.15, 0.2) is 16.3 Å². The van der Waals surface area contributed by atoms with Crippen LogP contribution in [-0.4, -0.2) is 21.4 Å². The number of hydrogen-bond donors (Lipinski definition) is 2. The van der Waals surface area contributed by atoms with E-state index in [0.29, 0.717) is 18.9 Å². The van der Waals surface area contributed by atoms with Crippen molar-refractivity contribution >= 4 is 27.3 Å². The van der Waals surface area contributed by atoms with Gasteiger partial charge in [0.1, 0.15) is 4.21 Å². The van der Waals surface area contributed by atoms with Crippen molar-refractivity contribution < 1.29 is 13.2 Å². The Hall–Kier alpha value is -0.920. The highest BCUT2D eigenvalue weighted by Gasteiger charge is 2.17. The molecule has 0 aliphatic heterocycles. The van der Waals surface area contributed by atoms with E-state index in [0.717, 1.165) is 11.3 Å². The molecule has 1 aliphatic rings. The molecule has 2 N–H and O–H groups in total. The van der Waals surface area contributed by atoms with Gasteiger partial charge in [-0.25, -0.2) is 13.1 Å². The first kappa shape index (κ1) is 16.5. The van der Waals surface area contributed by atoms with Gasteiger partial charge in [-0.1, -0.05) is 25.7 Å². The van der Waals surface area contributed by atoms with Crippen LogP contribution in [-0.2, 0) is 21.4 Å². The van der Waals surface area contributed by atoms with E-state index in [1.54, 1.807) is 12.1 Å². The van der Waals surface area contributed by atoms with Crippen LogP contribution in [0, 0.1) is 5.92 Å². The van der Waals surface area contributed by atoms with Crippen molar-refractivity contribution in [1.29, 1.82) is 0 Å². The molecule has 7 heteroatoms. The zero-order chi connectivity index (χ0) is 15.3. The molecule has 1 aromatic heterocycles. The minimum Gasteiger partial charge on any atom is -0.351 e. The van der Waals surface area contributed by atoms with Crippen LogP contribution in [0.3, 0.4) is 0 Å². The minimum absolute atomic E-state index is 0.0494.